The molecular weight excluding hydrogens is 635 g/mol. The molecule has 4 unspecified atom stereocenters. The molecule has 0 spiro atoms. The van der Waals surface area contributed by atoms with Gasteiger partial charge in [0.05, 0.1) is 0 Å². The van der Waals surface area contributed by atoms with Crippen LogP contribution >= 0.6 is 11.8 Å². The van der Waals surface area contributed by atoms with Crippen molar-refractivity contribution in [3.8, 4) is 22.6 Å². The Morgan fingerprint density at radius 1 is 1.14 bits per heavy atom. The third-order valence-electron chi connectivity index (χ3n) is 10.0. The molecule has 49 heavy (non-hydrogen) atoms. The number of hydrogen-bond donors (Lipinski definition) is 2. The van der Waals surface area contributed by atoms with E-state index in [1.54, 1.807) is 0 Å². The first-order valence-corrected chi connectivity index (χ1v) is 19.0. The van der Waals surface area contributed by atoms with E-state index in [4.69, 9.17) is 14.5 Å². The first kappa shape index (κ1) is 36.8. The predicted molar refractivity (Wildman–Crippen MR) is 200 cm³/mol. The summed E-state index contributed by atoms with van der Waals surface area (Å²) in [5.74, 6) is 2.28. The van der Waals surface area contributed by atoms with E-state index in [-0.39, 0.29) is 18.0 Å². The number of amides is 1. The second-order valence-corrected chi connectivity index (χ2v) is 15.5. The quantitative estimate of drug-likeness (QED) is 0.177. The Balaban J connectivity index is 1.46. The summed E-state index contributed by atoms with van der Waals surface area (Å²) in [6.07, 6.45) is 10.1. The lowest BCUT2D eigenvalue weighted by Crippen LogP contribution is -2.39. The van der Waals surface area contributed by atoms with Gasteiger partial charge in [-0.3, -0.25) is 9.59 Å². The number of rotatable bonds is 13. The lowest BCUT2D eigenvalue weighted by Gasteiger charge is -2.35. The van der Waals surface area contributed by atoms with Crippen LogP contribution in [0.15, 0.2) is 40.2 Å². The lowest BCUT2D eigenvalue weighted by molar-refractivity contribution is -0.0704. The van der Waals surface area contributed by atoms with Crippen LogP contribution in [0.1, 0.15) is 93.4 Å². The molecule has 266 valence electrons. The summed E-state index contributed by atoms with van der Waals surface area (Å²) in [4.78, 5) is 40.0. The van der Waals surface area contributed by atoms with E-state index >= 15 is 0 Å². The standard InChI is InChI=1S/C39H55N5O4S/c1-10-12-29(43(7)8)13-11-16-39(6)47-35-27(5)30(37(45)41-21-32-33(49-9)18-26(4)42-38(32)46)19-31(36(35)48-39)28-14-15-34(40-20-28)44-22-24(2)17-25(3)23-44/h14-15,18-20,24-25,29H,10-13,16-17,21-23H2,1-9H3,(H,41,45)(H,42,46). The van der Waals surface area contributed by atoms with Gasteiger partial charge in [-0.05, 0) is 96.0 Å². The smallest absolute Gasteiger partial charge is 0.254 e. The second kappa shape index (κ2) is 15.6. The normalized spacial score (nSPS) is 20.9. The zero-order chi connectivity index (χ0) is 35.5. The molecule has 2 aliphatic heterocycles. The summed E-state index contributed by atoms with van der Waals surface area (Å²) in [6.45, 7) is 14.7. The molecule has 2 aromatic heterocycles. The second-order valence-electron chi connectivity index (χ2n) is 14.7. The molecule has 3 aromatic rings. The number of aryl methyl sites for hydroxylation is 1. The Kier molecular flexibility index (Phi) is 11.7. The monoisotopic (exact) mass is 689 g/mol. The van der Waals surface area contributed by atoms with Crippen molar-refractivity contribution in [3.05, 3.63) is 63.2 Å². The Hall–Kier alpha value is -3.50. The number of thioether (sulfide) groups is 1. The summed E-state index contributed by atoms with van der Waals surface area (Å²) in [7, 11) is 4.29. The summed E-state index contributed by atoms with van der Waals surface area (Å²) in [5, 5.41) is 3.02. The van der Waals surface area contributed by atoms with Gasteiger partial charge in [0.25, 0.3) is 11.5 Å². The lowest BCUT2D eigenvalue weighted by atomic mass is 9.92. The molecule has 1 aromatic carbocycles. The van der Waals surface area contributed by atoms with E-state index in [0.717, 1.165) is 66.3 Å². The SMILES string of the molecule is CCCC(CCCC1(C)Oc2c(-c3ccc(N4CC(C)CC(C)C4)nc3)cc(C(=O)NCc3c(SC)cc(C)[nH]c3=O)c(C)c2O1)N(C)C. The van der Waals surface area contributed by atoms with Crippen LogP contribution in [0.3, 0.4) is 0 Å². The summed E-state index contributed by atoms with van der Waals surface area (Å²) in [6, 6.07) is 8.47. The molecule has 0 aliphatic carbocycles. The number of benzene rings is 1. The number of aromatic amines is 1. The van der Waals surface area contributed by atoms with Crippen molar-refractivity contribution in [3.63, 3.8) is 0 Å². The van der Waals surface area contributed by atoms with Crippen molar-refractivity contribution in [1.29, 1.82) is 0 Å². The van der Waals surface area contributed by atoms with Crippen LogP contribution in [0.5, 0.6) is 11.5 Å². The number of nitrogens with one attached hydrogen (secondary N) is 2. The van der Waals surface area contributed by atoms with E-state index in [1.807, 2.05) is 45.4 Å². The number of hydrogen-bond acceptors (Lipinski definition) is 8. The third-order valence-corrected chi connectivity index (χ3v) is 10.8. The first-order valence-electron chi connectivity index (χ1n) is 17.8. The molecule has 9 nitrogen and oxygen atoms in total. The van der Waals surface area contributed by atoms with Crippen LogP contribution in [0.25, 0.3) is 11.1 Å². The van der Waals surface area contributed by atoms with Gasteiger partial charge < -0.3 is 29.6 Å². The number of H-pyrrole nitrogens is 1. The first-order chi connectivity index (χ1) is 23.3. The van der Waals surface area contributed by atoms with Gasteiger partial charge in [0.2, 0.25) is 5.79 Å². The van der Waals surface area contributed by atoms with Gasteiger partial charge >= 0.3 is 0 Å². The predicted octanol–water partition coefficient (Wildman–Crippen LogP) is 7.58. The van der Waals surface area contributed by atoms with Crippen molar-refractivity contribution in [1.82, 2.24) is 20.2 Å². The van der Waals surface area contributed by atoms with Gasteiger partial charge in [-0.25, -0.2) is 4.98 Å². The highest BCUT2D eigenvalue weighted by molar-refractivity contribution is 7.98. The molecule has 4 heterocycles. The highest BCUT2D eigenvalue weighted by atomic mass is 32.2. The van der Waals surface area contributed by atoms with Crippen LogP contribution < -0.4 is 25.2 Å². The van der Waals surface area contributed by atoms with Crippen LogP contribution in [0.4, 0.5) is 5.82 Å². The summed E-state index contributed by atoms with van der Waals surface area (Å²) in [5.41, 5.74) is 3.95. The van der Waals surface area contributed by atoms with Gasteiger partial charge in [0.1, 0.15) is 5.82 Å². The van der Waals surface area contributed by atoms with Gasteiger partial charge in [0, 0.05) is 83.6 Å². The van der Waals surface area contributed by atoms with Crippen molar-refractivity contribution in [2.24, 2.45) is 11.8 Å². The van der Waals surface area contributed by atoms with E-state index in [1.165, 1.54) is 18.2 Å². The molecule has 0 saturated carbocycles. The fourth-order valence-corrected chi connectivity index (χ4v) is 8.20. The van der Waals surface area contributed by atoms with E-state index in [0.29, 0.717) is 52.5 Å². The minimum atomic E-state index is -0.865. The number of carbonyl (C=O) groups excluding carboxylic acids is 1. The Labute approximate surface area is 296 Å². The molecule has 4 atom stereocenters. The number of carbonyl (C=O) groups is 1. The highest BCUT2D eigenvalue weighted by Crippen LogP contribution is 2.50. The number of ether oxygens (including phenoxy) is 2. The molecular formula is C39H55N5O4S. The van der Waals surface area contributed by atoms with E-state index < -0.39 is 5.79 Å². The average Bonchev–Trinajstić information content (AvgIpc) is 3.41. The largest absolute Gasteiger partial charge is 0.448 e. The molecule has 1 saturated heterocycles. The van der Waals surface area contributed by atoms with Crippen molar-refractivity contribution >= 4 is 23.5 Å². The van der Waals surface area contributed by atoms with Crippen molar-refractivity contribution in [2.75, 3.05) is 38.3 Å². The van der Waals surface area contributed by atoms with Crippen LogP contribution in [-0.4, -0.2) is 66.0 Å². The van der Waals surface area contributed by atoms with Crippen molar-refractivity contribution in [2.45, 2.75) is 103 Å². The number of nitrogens with zero attached hydrogens (tertiary/aromatic N) is 3. The topological polar surface area (TPSA) is 99.8 Å². The highest BCUT2D eigenvalue weighted by Gasteiger charge is 2.40. The Morgan fingerprint density at radius 3 is 2.49 bits per heavy atom. The fourth-order valence-electron chi connectivity index (χ4n) is 7.50. The fraction of sp³-hybridized carbons (Fsp3) is 0.564. The molecule has 10 heteroatoms. The Bertz CT molecular complexity index is 1680. The maximum absolute atomic E-state index is 13.9. The zero-order valence-corrected chi connectivity index (χ0v) is 31.7. The van der Waals surface area contributed by atoms with Gasteiger partial charge in [-0.2, -0.15) is 0 Å². The number of anilines is 1. The van der Waals surface area contributed by atoms with Crippen LogP contribution in [0, 0.1) is 25.7 Å². The number of aromatic nitrogens is 2. The molecule has 2 aliphatic rings. The zero-order valence-electron chi connectivity index (χ0n) is 30.9. The van der Waals surface area contributed by atoms with Crippen LogP contribution in [0.2, 0.25) is 0 Å². The van der Waals surface area contributed by atoms with Crippen LogP contribution in [-0.2, 0) is 6.54 Å². The molecule has 5 rings (SSSR count). The van der Waals surface area contributed by atoms with Gasteiger partial charge in [-0.1, -0.05) is 27.2 Å². The molecule has 1 fully saturated rings. The summed E-state index contributed by atoms with van der Waals surface area (Å²) < 4.78 is 13.4. The van der Waals surface area contributed by atoms with Gasteiger partial charge in [0.15, 0.2) is 11.5 Å². The minimum Gasteiger partial charge on any atom is -0.448 e. The molecule has 0 bridgehead atoms. The number of pyridine rings is 2. The maximum Gasteiger partial charge on any atom is 0.254 e. The molecule has 0 radical (unpaired) electrons. The third kappa shape index (κ3) is 8.46. The number of fused-ring (bicyclic) bond motifs is 1. The Morgan fingerprint density at radius 2 is 1.86 bits per heavy atom. The molecule has 2 N–H and O–H groups in total. The minimum absolute atomic E-state index is 0.110. The van der Waals surface area contributed by atoms with Crippen molar-refractivity contribution < 1.29 is 14.3 Å². The summed E-state index contributed by atoms with van der Waals surface area (Å²) >= 11 is 1.49. The number of piperidine rings is 1. The average molecular weight is 690 g/mol. The van der Waals surface area contributed by atoms with E-state index in [9.17, 15) is 9.59 Å². The van der Waals surface area contributed by atoms with E-state index in [2.05, 4.69) is 67.1 Å². The van der Waals surface area contributed by atoms with Gasteiger partial charge in [-0.15, -0.1) is 11.8 Å². The molecule has 1 amide bonds. The maximum atomic E-state index is 13.9.